The maximum Gasteiger partial charge on any atom is 0.194 e. The van der Waals surface area contributed by atoms with Gasteiger partial charge in [0.05, 0.1) is 0 Å². The average molecular weight is 316 g/mol. The molecule has 0 bridgehead atoms. The van der Waals surface area contributed by atoms with E-state index in [0.29, 0.717) is 5.41 Å². The SMILES string of the molecule is CN=C(NCc1ccc(CN(C)C)cc1)N1CC(C)(C)C1(C)C. The minimum atomic E-state index is 0.129. The van der Waals surface area contributed by atoms with Gasteiger partial charge in [-0.25, -0.2) is 0 Å². The molecule has 4 heteroatoms. The Kier molecular flexibility index (Phi) is 5.04. The second kappa shape index (κ2) is 6.52. The van der Waals surface area contributed by atoms with Crippen LogP contribution in [0.3, 0.4) is 0 Å². The van der Waals surface area contributed by atoms with Crippen LogP contribution in [0, 0.1) is 5.41 Å². The van der Waals surface area contributed by atoms with Crippen molar-refractivity contribution in [3.8, 4) is 0 Å². The van der Waals surface area contributed by atoms with E-state index in [9.17, 15) is 0 Å². The minimum Gasteiger partial charge on any atom is -0.352 e. The lowest BCUT2D eigenvalue weighted by atomic mass is 9.65. The summed E-state index contributed by atoms with van der Waals surface area (Å²) >= 11 is 0. The summed E-state index contributed by atoms with van der Waals surface area (Å²) in [6, 6.07) is 8.81. The highest BCUT2D eigenvalue weighted by Gasteiger charge is 2.53. The first-order valence-electron chi connectivity index (χ1n) is 8.38. The van der Waals surface area contributed by atoms with Gasteiger partial charge in [0.1, 0.15) is 0 Å². The Bertz CT molecular complexity index is 555. The molecule has 0 radical (unpaired) electrons. The van der Waals surface area contributed by atoms with Gasteiger partial charge in [-0.2, -0.15) is 0 Å². The van der Waals surface area contributed by atoms with Crippen LogP contribution >= 0.6 is 0 Å². The van der Waals surface area contributed by atoms with Crippen LogP contribution in [0.4, 0.5) is 0 Å². The second-order valence-corrected chi connectivity index (χ2v) is 7.98. The van der Waals surface area contributed by atoms with Crippen LogP contribution in [-0.4, -0.2) is 49.0 Å². The topological polar surface area (TPSA) is 30.9 Å². The third-order valence-corrected chi connectivity index (χ3v) is 5.32. The van der Waals surface area contributed by atoms with Crippen molar-refractivity contribution in [2.24, 2.45) is 10.4 Å². The highest BCUT2D eigenvalue weighted by atomic mass is 15.4. The molecule has 0 atom stereocenters. The van der Waals surface area contributed by atoms with E-state index in [1.807, 2.05) is 7.05 Å². The number of nitrogens with zero attached hydrogens (tertiary/aromatic N) is 3. The van der Waals surface area contributed by atoms with Crippen LogP contribution in [0.5, 0.6) is 0 Å². The molecule has 0 unspecified atom stereocenters. The fourth-order valence-electron chi connectivity index (χ4n) is 3.00. The zero-order valence-corrected chi connectivity index (χ0v) is 15.8. The lowest BCUT2D eigenvalue weighted by Gasteiger charge is -2.62. The fourth-order valence-corrected chi connectivity index (χ4v) is 3.00. The minimum absolute atomic E-state index is 0.129. The van der Waals surface area contributed by atoms with Gasteiger partial charge in [-0.05, 0) is 39.1 Å². The lowest BCUT2D eigenvalue weighted by Crippen LogP contribution is -2.72. The predicted octanol–water partition coefficient (Wildman–Crippen LogP) is 2.94. The van der Waals surface area contributed by atoms with Crippen molar-refractivity contribution in [3.05, 3.63) is 35.4 Å². The Balaban J connectivity index is 1.94. The van der Waals surface area contributed by atoms with Crippen molar-refractivity contribution >= 4 is 5.96 Å². The van der Waals surface area contributed by atoms with Crippen LogP contribution < -0.4 is 5.32 Å². The van der Waals surface area contributed by atoms with Gasteiger partial charge >= 0.3 is 0 Å². The van der Waals surface area contributed by atoms with Gasteiger partial charge in [0, 0.05) is 37.6 Å². The Morgan fingerprint density at radius 3 is 2.13 bits per heavy atom. The van der Waals surface area contributed by atoms with Gasteiger partial charge in [0.15, 0.2) is 5.96 Å². The summed E-state index contributed by atoms with van der Waals surface area (Å²) in [7, 11) is 6.05. The van der Waals surface area contributed by atoms with E-state index in [1.165, 1.54) is 11.1 Å². The van der Waals surface area contributed by atoms with E-state index in [2.05, 4.69) is 86.2 Å². The molecule has 1 aromatic carbocycles. The monoisotopic (exact) mass is 316 g/mol. The lowest BCUT2D eigenvalue weighted by molar-refractivity contribution is -0.0667. The number of rotatable bonds is 4. The summed E-state index contributed by atoms with van der Waals surface area (Å²) in [5, 5.41) is 3.51. The van der Waals surface area contributed by atoms with E-state index in [-0.39, 0.29) is 5.54 Å². The molecule has 0 saturated carbocycles. The van der Waals surface area contributed by atoms with Crippen molar-refractivity contribution in [3.63, 3.8) is 0 Å². The second-order valence-electron chi connectivity index (χ2n) is 7.98. The molecule has 2 rings (SSSR count). The normalized spacial score (nSPS) is 19.7. The summed E-state index contributed by atoms with van der Waals surface area (Å²) in [4.78, 5) is 9.02. The van der Waals surface area contributed by atoms with Crippen LogP contribution in [-0.2, 0) is 13.1 Å². The summed E-state index contributed by atoms with van der Waals surface area (Å²) in [6.07, 6.45) is 0. The Labute approximate surface area is 141 Å². The van der Waals surface area contributed by atoms with Gasteiger partial charge in [-0.3, -0.25) is 4.99 Å². The third kappa shape index (κ3) is 3.69. The van der Waals surface area contributed by atoms with Crippen LogP contribution in [0.25, 0.3) is 0 Å². The van der Waals surface area contributed by atoms with Gasteiger partial charge < -0.3 is 15.1 Å². The molecule has 0 aliphatic carbocycles. The predicted molar refractivity (Wildman–Crippen MR) is 98.6 cm³/mol. The van der Waals surface area contributed by atoms with E-state index in [1.54, 1.807) is 0 Å². The molecule has 1 aliphatic heterocycles. The van der Waals surface area contributed by atoms with E-state index >= 15 is 0 Å². The quantitative estimate of drug-likeness (QED) is 0.684. The number of hydrogen-bond donors (Lipinski definition) is 1. The first-order chi connectivity index (χ1) is 10.7. The molecule has 1 saturated heterocycles. The molecule has 1 heterocycles. The molecule has 1 fully saturated rings. The van der Waals surface area contributed by atoms with E-state index in [0.717, 1.165) is 25.6 Å². The van der Waals surface area contributed by atoms with Gasteiger partial charge in [0.2, 0.25) is 0 Å². The first kappa shape index (κ1) is 17.8. The van der Waals surface area contributed by atoms with Crippen molar-refractivity contribution < 1.29 is 0 Å². The summed E-state index contributed by atoms with van der Waals surface area (Å²) in [5.74, 6) is 0.992. The van der Waals surface area contributed by atoms with Gasteiger partial charge in [-0.15, -0.1) is 0 Å². The average Bonchev–Trinajstić information content (AvgIpc) is 2.47. The van der Waals surface area contributed by atoms with E-state index in [4.69, 9.17) is 0 Å². The molecular formula is C19H32N4. The molecule has 128 valence electrons. The third-order valence-electron chi connectivity index (χ3n) is 5.32. The molecule has 23 heavy (non-hydrogen) atoms. The number of aliphatic imine (C=N–C) groups is 1. The Morgan fingerprint density at radius 1 is 1.13 bits per heavy atom. The molecular weight excluding hydrogens is 284 g/mol. The van der Waals surface area contributed by atoms with Crippen LogP contribution in [0.1, 0.15) is 38.8 Å². The molecule has 4 nitrogen and oxygen atoms in total. The Morgan fingerprint density at radius 2 is 1.70 bits per heavy atom. The maximum absolute atomic E-state index is 4.47. The van der Waals surface area contributed by atoms with Gasteiger partial charge in [0.25, 0.3) is 0 Å². The molecule has 0 amide bonds. The number of benzene rings is 1. The maximum atomic E-state index is 4.47. The molecule has 1 N–H and O–H groups in total. The highest BCUT2D eigenvalue weighted by molar-refractivity contribution is 5.82. The fraction of sp³-hybridized carbons (Fsp3) is 0.632. The highest BCUT2D eigenvalue weighted by Crippen LogP contribution is 2.46. The van der Waals surface area contributed by atoms with Crippen molar-refractivity contribution in [2.75, 3.05) is 27.7 Å². The number of hydrogen-bond acceptors (Lipinski definition) is 2. The van der Waals surface area contributed by atoms with Crippen molar-refractivity contribution in [1.82, 2.24) is 15.1 Å². The molecule has 0 aromatic heterocycles. The number of nitrogens with one attached hydrogen (secondary N) is 1. The standard InChI is InChI=1S/C19H32N4/c1-18(2)14-23(19(18,3)4)17(20-5)21-12-15-8-10-16(11-9-15)13-22(6)7/h8-11H,12-14H2,1-7H3,(H,20,21). The molecule has 1 aliphatic rings. The number of guanidine groups is 1. The summed E-state index contributed by atoms with van der Waals surface area (Å²) in [6.45, 7) is 12.1. The molecule has 1 aromatic rings. The summed E-state index contributed by atoms with van der Waals surface area (Å²) < 4.78 is 0. The zero-order valence-electron chi connectivity index (χ0n) is 15.8. The first-order valence-corrected chi connectivity index (χ1v) is 8.38. The zero-order chi connectivity index (χ0) is 17.3. The summed E-state index contributed by atoms with van der Waals surface area (Å²) in [5.41, 5.74) is 3.07. The van der Waals surface area contributed by atoms with E-state index < -0.39 is 0 Å². The van der Waals surface area contributed by atoms with Crippen molar-refractivity contribution in [2.45, 2.75) is 46.3 Å². The molecule has 0 spiro atoms. The van der Waals surface area contributed by atoms with Gasteiger partial charge in [-0.1, -0.05) is 38.1 Å². The largest absolute Gasteiger partial charge is 0.352 e. The number of likely N-dealkylation sites (tertiary alicyclic amines) is 1. The van der Waals surface area contributed by atoms with Crippen LogP contribution in [0.2, 0.25) is 0 Å². The van der Waals surface area contributed by atoms with Crippen molar-refractivity contribution in [1.29, 1.82) is 0 Å². The van der Waals surface area contributed by atoms with Crippen LogP contribution in [0.15, 0.2) is 29.3 Å². The Hall–Kier alpha value is -1.55. The smallest absolute Gasteiger partial charge is 0.194 e.